The lowest BCUT2D eigenvalue weighted by Gasteiger charge is -2.15. The third kappa shape index (κ3) is 2.23. The molecule has 0 unspecified atom stereocenters. The number of rotatable bonds is 3. The van der Waals surface area contributed by atoms with Gasteiger partial charge in [-0.3, -0.25) is 15.3 Å². The van der Waals surface area contributed by atoms with Crippen molar-refractivity contribution in [2.75, 3.05) is 12.1 Å². The molecule has 1 aromatic rings. The van der Waals surface area contributed by atoms with Crippen LogP contribution < -0.4 is 11.2 Å². The van der Waals surface area contributed by atoms with Gasteiger partial charge in [0.2, 0.25) is 0 Å². The maximum absolute atomic E-state index is 11.7. The number of hydrogen-bond acceptors (Lipinski definition) is 7. The van der Waals surface area contributed by atoms with Crippen LogP contribution in [0.5, 0.6) is 0 Å². The molecule has 8 heteroatoms. The van der Waals surface area contributed by atoms with Crippen LogP contribution in [0.3, 0.4) is 0 Å². The van der Waals surface area contributed by atoms with E-state index in [1.165, 1.54) is 10.8 Å². The Bertz CT molecular complexity index is 489. The fraction of sp³-hybridized carbons (Fsp3) is 0.600. The summed E-state index contributed by atoms with van der Waals surface area (Å²) in [6.45, 7) is 1.35. The summed E-state index contributed by atoms with van der Waals surface area (Å²) < 4.78 is 6.59. The second kappa shape index (κ2) is 5.02. The van der Waals surface area contributed by atoms with Crippen molar-refractivity contribution in [1.29, 1.82) is 0 Å². The van der Waals surface area contributed by atoms with E-state index in [0.29, 0.717) is 5.56 Å². The van der Waals surface area contributed by atoms with Crippen molar-refractivity contribution < 1.29 is 20.2 Å². The molecule has 0 radical (unpaired) electrons. The Labute approximate surface area is 102 Å². The van der Waals surface area contributed by atoms with Gasteiger partial charge in [0.25, 0.3) is 0 Å². The van der Waals surface area contributed by atoms with Crippen molar-refractivity contribution >= 4 is 5.82 Å². The second-order valence-corrected chi connectivity index (χ2v) is 4.19. The molecule has 8 nitrogen and oxygen atoms in total. The monoisotopic (exact) mass is 257 g/mol. The summed E-state index contributed by atoms with van der Waals surface area (Å²) in [7, 11) is 0. The smallest absolute Gasteiger partial charge is 0.351 e. The fourth-order valence-corrected chi connectivity index (χ4v) is 1.94. The van der Waals surface area contributed by atoms with E-state index in [1.54, 1.807) is 6.92 Å². The molecule has 1 aliphatic rings. The van der Waals surface area contributed by atoms with E-state index >= 15 is 0 Å². The summed E-state index contributed by atoms with van der Waals surface area (Å²) in [5.41, 5.74) is 1.78. The van der Waals surface area contributed by atoms with Crippen molar-refractivity contribution in [3.05, 3.63) is 22.2 Å². The summed E-state index contributed by atoms with van der Waals surface area (Å²) in [4.78, 5) is 15.4. The first kappa shape index (κ1) is 13.0. The van der Waals surface area contributed by atoms with Crippen LogP contribution in [0.4, 0.5) is 5.82 Å². The fourth-order valence-electron chi connectivity index (χ4n) is 1.94. The average molecular weight is 257 g/mol. The zero-order valence-corrected chi connectivity index (χ0v) is 9.78. The Morgan fingerprint density at radius 3 is 2.94 bits per heavy atom. The first-order valence-electron chi connectivity index (χ1n) is 5.51. The van der Waals surface area contributed by atoms with Gasteiger partial charge in [0.1, 0.15) is 12.3 Å². The molecule has 1 aliphatic heterocycles. The Morgan fingerprint density at radius 2 is 2.39 bits per heavy atom. The number of aliphatic hydroxyl groups excluding tert-OH is 2. The zero-order chi connectivity index (χ0) is 13.3. The van der Waals surface area contributed by atoms with Gasteiger partial charge in [0, 0.05) is 18.2 Å². The van der Waals surface area contributed by atoms with Gasteiger partial charge in [-0.1, -0.05) is 0 Å². The van der Waals surface area contributed by atoms with Crippen LogP contribution in [0.1, 0.15) is 18.2 Å². The summed E-state index contributed by atoms with van der Waals surface area (Å²) in [6.07, 6.45) is -0.493. The predicted octanol–water partition coefficient (Wildman–Crippen LogP) is -1.01. The van der Waals surface area contributed by atoms with E-state index in [1.807, 2.05) is 5.48 Å². The van der Waals surface area contributed by atoms with Gasteiger partial charge in [-0.15, -0.1) is 0 Å². The minimum absolute atomic E-state index is 0.0773. The highest BCUT2D eigenvalue weighted by molar-refractivity contribution is 5.38. The molecule has 0 aliphatic carbocycles. The van der Waals surface area contributed by atoms with E-state index < -0.39 is 24.1 Å². The highest BCUT2D eigenvalue weighted by atomic mass is 16.5. The molecule has 0 amide bonds. The number of aliphatic hydroxyl groups is 2. The van der Waals surface area contributed by atoms with Crippen LogP contribution in [0.15, 0.2) is 11.0 Å². The number of anilines is 1. The highest BCUT2D eigenvalue weighted by Gasteiger charge is 2.35. The van der Waals surface area contributed by atoms with Crippen molar-refractivity contribution in [3.63, 3.8) is 0 Å². The Balaban J connectivity index is 2.30. The Hall–Kier alpha value is -1.48. The topological polar surface area (TPSA) is 117 Å². The Morgan fingerprint density at radius 1 is 1.67 bits per heavy atom. The predicted molar refractivity (Wildman–Crippen MR) is 60.3 cm³/mol. The number of hydrogen-bond donors (Lipinski definition) is 4. The van der Waals surface area contributed by atoms with Gasteiger partial charge in [-0.2, -0.15) is 4.98 Å². The van der Waals surface area contributed by atoms with E-state index in [4.69, 9.17) is 15.1 Å². The van der Waals surface area contributed by atoms with E-state index in [0.717, 1.165) is 0 Å². The van der Waals surface area contributed by atoms with Crippen LogP contribution in [0.25, 0.3) is 0 Å². The normalized spacial score (nSPS) is 27.4. The molecule has 0 bridgehead atoms. The lowest BCUT2D eigenvalue weighted by atomic mass is 10.2. The van der Waals surface area contributed by atoms with Gasteiger partial charge >= 0.3 is 5.69 Å². The van der Waals surface area contributed by atoms with Gasteiger partial charge in [0.05, 0.1) is 12.7 Å². The van der Waals surface area contributed by atoms with Crippen LogP contribution >= 0.6 is 0 Å². The second-order valence-electron chi connectivity index (χ2n) is 4.19. The molecule has 4 N–H and O–H groups in total. The maximum Gasteiger partial charge on any atom is 0.351 e. The summed E-state index contributed by atoms with van der Waals surface area (Å²) in [5.74, 6) is 0.0773. The molecule has 18 heavy (non-hydrogen) atoms. The Kier molecular flexibility index (Phi) is 3.62. The molecular formula is C10H15N3O5. The number of ether oxygens (including phenoxy) is 1. The number of aromatic nitrogens is 2. The summed E-state index contributed by atoms with van der Waals surface area (Å²) >= 11 is 0. The van der Waals surface area contributed by atoms with Crippen molar-refractivity contribution in [3.8, 4) is 0 Å². The molecule has 3 atom stereocenters. The number of nitrogens with zero attached hydrogens (tertiary/aromatic N) is 2. The van der Waals surface area contributed by atoms with Gasteiger partial charge in [-0.05, 0) is 6.92 Å². The maximum atomic E-state index is 11.7. The molecule has 1 fully saturated rings. The van der Waals surface area contributed by atoms with Gasteiger partial charge < -0.3 is 14.9 Å². The SMILES string of the molecule is Cc1cn([C@@H]2C[C@@H](O)[C@H](CO)O2)c(=O)nc1NO. The van der Waals surface area contributed by atoms with Gasteiger partial charge in [0.15, 0.2) is 5.82 Å². The molecule has 0 spiro atoms. The molecule has 100 valence electrons. The molecule has 1 aromatic heterocycles. The summed E-state index contributed by atoms with van der Waals surface area (Å²) in [6, 6.07) is 0. The molecular weight excluding hydrogens is 242 g/mol. The van der Waals surface area contributed by atoms with Crippen LogP contribution in [0, 0.1) is 6.92 Å². The van der Waals surface area contributed by atoms with Crippen molar-refractivity contribution in [2.45, 2.75) is 31.8 Å². The van der Waals surface area contributed by atoms with Crippen LogP contribution in [-0.2, 0) is 4.74 Å². The minimum atomic E-state index is -0.817. The largest absolute Gasteiger partial charge is 0.394 e. The lowest BCUT2D eigenvalue weighted by molar-refractivity contribution is -0.0459. The molecule has 2 heterocycles. The zero-order valence-electron chi connectivity index (χ0n) is 9.78. The van der Waals surface area contributed by atoms with E-state index in [2.05, 4.69) is 4.98 Å². The third-order valence-electron chi connectivity index (χ3n) is 2.93. The van der Waals surface area contributed by atoms with Crippen LogP contribution in [-0.4, -0.2) is 43.8 Å². The minimum Gasteiger partial charge on any atom is -0.394 e. The number of aryl methyl sites for hydroxylation is 1. The quantitative estimate of drug-likeness (QED) is 0.513. The van der Waals surface area contributed by atoms with E-state index in [9.17, 15) is 9.90 Å². The standard InChI is InChI=1S/C10H15N3O5/c1-5-3-13(10(16)11-9(5)12-17)8-2-6(15)7(4-14)18-8/h3,6-8,14-15,17H,2,4H2,1H3,(H,11,12,16)/t6-,7+,8+/m1/s1. The molecule has 0 saturated carbocycles. The van der Waals surface area contributed by atoms with Crippen LogP contribution in [0.2, 0.25) is 0 Å². The molecule has 1 saturated heterocycles. The van der Waals surface area contributed by atoms with Crippen molar-refractivity contribution in [1.82, 2.24) is 9.55 Å². The summed E-state index contributed by atoms with van der Waals surface area (Å²) in [5, 5.41) is 27.3. The van der Waals surface area contributed by atoms with Gasteiger partial charge in [-0.25, -0.2) is 4.79 Å². The average Bonchev–Trinajstić information content (AvgIpc) is 2.72. The van der Waals surface area contributed by atoms with Crippen molar-refractivity contribution in [2.24, 2.45) is 0 Å². The number of nitrogens with one attached hydrogen (secondary N) is 1. The lowest BCUT2D eigenvalue weighted by Crippen LogP contribution is -2.28. The first-order valence-corrected chi connectivity index (χ1v) is 5.51. The third-order valence-corrected chi connectivity index (χ3v) is 2.93. The van der Waals surface area contributed by atoms with E-state index in [-0.39, 0.29) is 18.8 Å². The molecule has 0 aromatic carbocycles. The first-order chi connectivity index (χ1) is 8.56. The highest BCUT2D eigenvalue weighted by Crippen LogP contribution is 2.27. The molecule has 2 rings (SSSR count).